The Hall–Kier alpha value is -2.12. The lowest BCUT2D eigenvalue weighted by molar-refractivity contribution is 0.0972. The van der Waals surface area contributed by atoms with E-state index in [-0.39, 0.29) is 24.7 Å². The number of carbonyl (C=O) groups excluding carboxylic acids is 1. The molecular formula is C17H16ClFN2O. The Kier molecular flexibility index (Phi) is 4.99. The third kappa shape index (κ3) is 3.20. The Labute approximate surface area is 134 Å². The highest BCUT2D eigenvalue weighted by molar-refractivity contribution is 6.31. The van der Waals surface area contributed by atoms with Crippen LogP contribution < -0.4 is 0 Å². The molecule has 0 bridgehead atoms. The van der Waals surface area contributed by atoms with Crippen molar-refractivity contribution in [2.75, 3.05) is 0 Å². The Morgan fingerprint density at radius 3 is 2.68 bits per heavy atom. The molecule has 0 aliphatic carbocycles. The number of benzene rings is 1. The van der Waals surface area contributed by atoms with E-state index in [1.165, 1.54) is 12.1 Å². The van der Waals surface area contributed by atoms with Crippen LogP contribution in [0, 0.1) is 12.4 Å². The summed E-state index contributed by atoms with van der Waals surface area (Å²) in [6.07, 6.45) is 0.385. The molecule has 0 spiro atoms. The number of hydrogen-bond acceptors (Lipinski definition) is 1. The van der Waals surface area contributed by atoms with Crippen LogP contribution in [-0.4, -0.2) is 10.4 Å². The smallest absolute Gasteiger partial charge is 0.230 e. The van der Waals surface area contributed by atoms with E-state index in [4.69, 9.17) is 18.2 Å². The number of rotatable bonds is 5. The number of hydrogen-bond donors (Lipinski definition) is 0. The molecular weight excluding hydrogens is 303 g/mol. The first-order valence-corrected chi connectivity index (χ1v) is 7.38. The van der Waals surface area contributed by atoms with Crippen LogP contribution in [0.25, 0.3) is 4.85 Å². The van der Waals surface area contributed by atoms with Gasteiger partial charge in [-0.1, -0.05) is 24.2 Å². The molecule has 0 unspecified atom stereocenters. The van der Waals surface area contributed by atoms with Crippen LogP contribution in [0.3, 0.4) is 0 Å². The maximum atomic E-state index is 13.7. The van der Waals surface area contributed by atoms with Crippen molar-refractivity contribution in [2.45, 2.75) is 32.7 Å². The van der Waals surface area contributed by atoms with Crippen molar-refractivity contribution in [1.29, 1.82) is 0 Å². The van der Waals surface area contributed by atoms with Gasteiger partial charge in [-0.05, 0) is 44.5 Å². The maximum Gasteiger partial charge on any atom is 0.230 e. The maximum absolute atomic E-state index is 13.7. The molecule has 0 N–H and O–H groups in total. The highest BCUT2D eigenvalue weighted by atomic mass is 35.5. The van der Waals surface area contributed by atoms with Crippen LogP contribution in [0.1, 0.15) is 42.4 Å². The van der Waals surface area contributed by atoms with Gasteiger partial charge in [0, 0.05) is 17.0 Å². The van der Waals surface area contributed by atoms with E-state index in [2.05, 4.69) is 4.85 Å². The van der Waals surface area contributed by atoms with Crippen LogP contribution >= 0.6 is 11.6 Å². The number of carbonyl (C=O) groups is 1. The first kappa shape index (κ1) is 16.3. The van der Waals surface area contributed by atoms with Crippen LogP contribution in [0.5, 0.6) is 0 Å². The van der Waals surface area contributed by atoms with E-state index in [1.54, 1.807) is 22.8 Å². The summed E-state index contributed by atoms with van der Waals surface area (Å²) in [5.41, 5.74) is 0.832. The third-order valence-corrected chi connectivity index (χ3v) is 3.83. The fraction of sp³-hybridized carbons (Fsp3) is 0.294. The lowest BCUT2D eigenvalue weighted by Gasteiger charge is -2.11. The summed E-state index contributed by atoms with van der Waals surface area (Å²) in [4.78, 5) is 15.8. The summed E-state index contributed by atoms with van der Waals surface area (Å²) in [5.74, 6) is -0.0911. The third-order valence-electron chi connectivity index (χ3n) is 3.48. The molecule has 0 fully saturated rings. The quantitative estimate of drug-likeness (QED) is 0.548. The lowest BCUT2D eigenvalue weighted by Crippen LogP contribution is -2.11. The minimum absolute atomic E-state index is 0.00935. The minimum atomic E-state index is -0.401. The fourth-order valence-corrected chi connectivity index (χ4v) is 2.69. The van der Waals surface area contributed by atoms with E-state index >= 15 is 0 Å². The van der Waals surface area contributed by atoms with Crippen LogP contribution in [0.4, 0.5) is 10.2 Å². The molecule has 0 atom stereocenters. The van der Waals surface area contributed by atoms with E-state index in [0.717, 1.165) is 0 Å². The van der Waals surface area contributed by atoms with E-state index in [0.29, 0.717) is 22.1 Å². The predicted molar refractivity (Wildman–Crippen MR) is 85.1 cm³/mol. The van der Waals surface area contributed by atoms with E-state index in [9.17, 15) is 9.18 Å². The van der Waals surface area contributed by atoms with Gasteiger partial charge in [0.05, 0.1) is 6.04 Å². The number of ketones is 1. The predicted octanol–water partition coefficient (Wildman–Crippen LogP) is 5.23. The molecule has 2 aromatic rings. The molecule has 0 amide bonds. The highest BCUT2D eigenvalue weighted by Crippen LogP contribution is 2.26. The summed E-state index contributed by atoms with van der Waals surface area (Å²) in [6.45, 7) is 11.0. The van der Waals surface area contributed by atoms with Gasteiger partial charge in [-0.15, -0.1) is 0 Å². The fourth-order valence-electron chi connectivity index (χ4n) is 2.44. The second kappa shape index (κ2) is 6.76. The Morgan fingerprint density at radius 2 is 2.09 bits per heavy atom. The Morgan fingerprint density at radius 1 is 1.36 bits per heavy atom. The Balaban J connectivity index is 2.21. The van der Waals surface area contributed by atoms with Gasteiger partial charge in [0.15, 0.2) is 5.69 Å². The van der Waals surface area contributed by atoms with Gasteiger partial charge in [-0.2, -0.15) is 0 Å². The van der Waals surface area contributed by atoms with E-state index in [1.807, 2.05) is 13.8 Å². The van der Waals surface area contributed by atoms with Crippen molar-refractivity contribution in [1.82, 2.24) is 4.57 Å². The molecule has 1 aromatic carbocycles. The molecule has 2 rings (SSSR count). The lowest BCUT2D eigenvalue weighted by atomic mass is 10.1. The van der Waals surface area contributed by atoms with Gasteiger partial charge >= 0.3 is 0 Å². The SMILES string of the molecule is [C-]#[N+]c1ccc(C(=O)CCc2c(F)cccc2Cl)n1C(C)C. The monoisotopic (exact) mass is 318 g/mol. The first-order valence-electron chi connectivity index (χ1n) is 7.00. The van der Waals surface area contributed by atoms with Crippen molar-refractivity contribution in [3.05, 3.63) is 63.8 Å². The van der Waals surface area contributed by atoms with Gasteiger partial charge in [-0.25, -0.2) is 4.39 Å². The van der Waals surface area contributed by atoms with Gasteiger partial charge in [0.2, 0.25) is 11.6 Å². The number of nitrogens with zero attached hydrogens (tertiary/aromatic N) is 2. The molecule has 0 aliphatic heterocycles. The second-order valence-electron chi connectivity index (χ2n) is 5.28. The van der Waals surface area contributed by atoms with Crippen molar-refractivity contribution in [2.24, 2.45) is 0 Å². The van der Waals surface area contributed by atoms with Gasteiger partial charge in [0.25, 0.3) is 0 Å². The summed E-state index contributed by atoms with van der Waals surface area (Å²) in [7, 11) is 0. The summed E-state index contributed by atoms with van der Waals surface area (Å²) < 4.78 is 15.4. The average Bonchev–Trinajstić information content (AvgIpc) is 2.90. The average molecular weight is 319 g/mol. The largest absolute Gasteiger partial charge is 0.364 e. The highest BCUT2D eigenvalue weighted by Gasteiger charge is 2.20. The second-order valence-corrected chi connectivity index (χ2v) is 5.68. The van der Waals surface area contributed by atoms with Gasteiger partial charge in [-0.3, -0.25) is 9.36 Å². The zero-order valence-corrected chi connectivity index (χ0v) is 13.2. The molecule has 3 nitrogen and oxygen atoms in total. The molecule has 0 aliphatic rings. The number of halogens is 2. The molecule has 0 saturated carbocycles. The van der Waals surface area contributed by atoms with Crippen LogP contribution in [-0.2, 0) is 6.42 Å². The summed E-state index contributed by atoms with van der Waals surface area (Å²) in [6, 6.07) is 7.78. The zero-order chi connectivity index (χ0) is 16.3. The Bertz CT molecular complexity index is 723. The van der Waals surface area contributed by atoms with Crippen LogP contribution in [0.15, 0.2) is 30.3 Å². The standard InChI is InChI=1S/C17H16ClFN2O/c1-11(2)21-15(8-10-17(21)20-3)16(22)9-7-12-13(18)5-4-6-14(12)19/h4-6,8,10-11H,7,9H2,1-2H3. The molecule has 1 aromatic heterocycles. The minimum Gasteiger partial charge on any atom is -0.364 e. The van der Waals surface area contributed by atoms with E-state index < -0.39 is 5.82 Å². The molecule has 22 heavy (non-hydrogen) atoms. The van der Waals surface area contributed by atoms with Gasteiger partial charge in [0.1, 0.15) is 5.82 Å². The molecule has 5 heteroatoms. The first-order chi connectivity index (χ1) is 10.5. The number of aromatic nitrogens is 1. The van der Waals surface area contributed by atoms with Crippen molar-refractivity contribution in [3.63, 3.8) is 0 Å². The molecule has 1 heterocycles. The molecule has 114 valence electrons. The topological polar surface area (TPSA) is 26.4 Å². The number of Topliss-reactive ketones (excluding diaryl/α,β-unsaturated/α-hetero) is 1. The summed E-state index contributed by atoms with van der Waals surface area (Å²) in [5, 5.41) is 0.328. The summed E-state index contributed by atoms with van der Waals surface area (Å²) >= 11 is 5.97. The normalized spacial score (nSPS) is 10.7. The van der Waals surface area contributed by atoms with Crippen molar-refractivity contribution >= 4 is 23.2 Å². The zero-order valence-electron chi connectivity index (χ0n) is 12.4. The molecule has 0 radical (unpaired) electrons. The van der Waals surface area contributed by atoms with Crippen LogP contribution in [0.2, 0.25) is 5.02 Å². The van der Waals surface area contributed by atoms with Crippen molar-refractivity contribution in [3.8, 4) is 0 Å². The van der Waals surface area contributed by atoms with Crippen molar-refractivity contribution < 1.29 is 9.18 Å². The van der Waals surface area contributed by atoms with Gasteiger partial charge < -0.3 is 4.85 Å². The molecule has 0 saturated heterocycles.